The van der Waals surface area contributed by atoms with E-state index in [0.29, 0.717) is 5.56 Å². The van der Waals surface area contributed by atoms with Gasteiger partial charge in [0.1, 0.15) is 6.10 Å². The topological polar surface area (TPSA) is 46.5 Å². The number of aliphatic carboxylic acids is 1. The van der Waals surface area contributed by atoms with Gasteiger partial charge in [0.25, 0.3) is 0 Å². The summed E-state index contributed by atoms with van der Waals surface area (Å²) in [6.45, 7) is 1.84. The van der Waals surface area contributed by atoms with Crippen LogP contribution in [0.2, 0.25) is 0 Å². The minimum Gasteiger partial charge on any atom is -0.483 e. The highest BCUT2D eigenvalue weighted by Crippen LogP contribution is 2.25. The molecule has 108 valence electrons. The van der Waals surface area contributed by atoms with Gasteiger partial charge in [-0.2, -0.15) is 0 Å². The molecular formula is C17H15FO3. The van der Waals surface area contributed by atoms with Gasteiger partial charge in [-0.15, -0.1) is 0 Å². The van der Waals surface area contributed by atoms with Crippen LogP contribution in [0.1, 0.15) is 24.2 Å². The highest BCUT2D eigenvalue weighted by molar-refractivity contribution is 5.85. The summed E-state index contributed by atoms with van der Waals surface area (Å²) in [7, 11) is 0. The lowest BCUT2D eigenvalue weighted by Gasteiger charge is -2.15. The zero-order valence-electron chi connectivity index (χ0n) is 11.5. The molecular weight excluding hydrogens is 271 g/mol. The van der Waals surface area contributed by atoms with E-state index < -0.39 is 11.8 Å². The van der Waals surface area contributed by atoms with E-state index in [9.17, 15) is 9.18 Å². The minimum atomic E-state index is -1.08. The van der Waals surface area contributed by atoms with Crippen LogP contribution in [0.15, 0.2) is 54.6 Å². The maximum absolute atomic E-state index is 13.9. The van der Waals surface area contributed by atoms with Gasteiger partial charge in [-0.3, -0.25) is 0 Å². The molecule has 0 spiro atoms. The van der Waals surface area contributed by atoms with Crippen molar-refractivity contribution in [3.05, 3.63) is 71.6 Å². The molecule has 2 rings (SSSR count). The predicted molar refractivity (Wildman–Crippen MR) is 78.6 cm³/mol. The number of carbonyl (C=O) groups is 1. The predicted octanol–water partition coefficient (Wildman–Crippen LogP) is 4.06. The third-order valence-electron chi connectivity index (χ3n) is 2.95. The number of hydrogen-bond acceptors (Lipinski definition) is 2. The van der Waals surface area contributed by atoms with Crippen molar-refractivity contribution in [1.82, 2.24) is 0 Å². The maximum atomic E-state index is 13.9. The van der Waals surface area contributed by atoms with Crippen molar-refractivity contribution in [2.75, 3.05) is 0 Å². The third kappa shape index (κ3) is 4.18. The zero-order chi connectivity index (χ0) is 15.2. The summed E-state index contributed by atoms with van der Waals surface area (Å²) in [6, 6.07) is 13.9. The van der Waals surface area contributed by atoms with Crippen molar-refractivity contribution >= 4 is 12.0 Å². The van der Waals surface area contributed by atoms with Crippen LogP contribution in [0.3, 0.4) is 0 Å². The molecule has 3 nitrogen and oxygen atoms in total. The second kappa shape index (κ2) is 6.70. The number of halogens is 1. The van der Waals surface area contributed by atoms with E-state index >= 15 is 0 Å². The Morgan fingerprint density at radius 2 is 1.95 bits per heavy atom. The van der Waals surface area contributed by atoms with Gasteiger partial charge in [0.2, 0.25) is 0 Å². The van der Waals surface area contributed by atoms with Crippen LogP contribution < -0.4 is 4.74 Å². The first-order valence-corrected chi connectivity index (χ1v) is 6.48. The van der Waals surface area contributed by atoms with Crippen molar-refractivity contribution in [2.45, 2.75) is 13.0 Å². The molecule has 0 aliphatic heterocycles. The average Bonchev–Trinajstić information content (AvgIpc) is 2.48. The van der Waals surface area contributed by atoms with Crippen molar-refractivity contribution < 1.29 is 19.0 Å². The summed E-state index contributed by atoms with van der Waals surface area (Å²) in [5.41, 5.74) is 1.42. The highest BCUT2D eigenvalue weighted by Gasteiger charge is 2.10. The molecule has 2 aromatic rings. The molecule has 0 aliphatic carbocycles. The van der Waals surface area contributed by atoms with Gasteiger partial charge in [0.15, 0.2) is 11.6 Å². The second-order valence-corrected chi connectivity index (χ2v) is 4.53. The summed E-state index contributed by atoms with van der Waals surface area (Å²) in [5.74, 6) is -1.46. The standard InChI is InChI=1S/C17H15FO3/c1-12(14-5-3-2-4-6-14)21-16-9-7-13(11-15(16)18)8-10-17(19)20/h2-12H,1H3,(H,19,20)/b10-8+. The molecule has 1 N–H and O–H groups in total. The Kier molecular flexibility index (Phi) is 4.72. The molecule has 0 aliphatic rings. The maximum Gasteiger partial charge on any atom is 0.328 e. The van der Waals surface area contributed by atoms with Crippen LogP contribution in [-0.4, -0.2) is 11.1 Å². The second-order valence-electron chi connectivity index (χ2n) is 4.53. The number of rotatable bonds is 5. The molecule has 0 radical (unpaired) electrons. The third-order valence-corrected chi connectivity index (χ3v) is 2.95. The quantitative estimate of drug-likeness (QED) is 0.843. The fourth-order valence-electron chi connectivity index (χ4n) is 1.87. The van der Waals surface area contributed by atoms with Gasteiger partial charge in [-0.1, -0.05) is 36.4 Å². The first-order chi connectivity index (χ1) is 10.1. The van der Waals surface area contributed by atoms with Crippen LogP contribution >= 0.6 is 0 Å². The van der Waals surface area contributed by atoms with E-state index in [2.05, 4.69) is 0 Å². The summed E-state index contributed by atoms with van der Waals surface area (Å²) in [4.78, 5) is 10.4. The number of hydrogen-bond donors (Lipinski definition) is 1. The van der Waals surface area contributed by atoms with Gasteiger partial charge < -0.3 is 9.84 Å². The van der Waals surface area contributed by atoms with Crippen molar-refractivity contribution in [3.63, 3.8) is 0 Å². The van der Waals surface area contributed by atoms with Crippen LogP contribution in [0.4, 0.5) is 4.39 Å². The number of carboxylic acids is 1. The fourth-order valence-corrected chi connectivity index (χ4v) is 1.87. The monoisotopic (exact) mass is 286 g/mol. The number of benzene rings is 2. The molecule has 0 amide bonds. The van der Waals surface area contributed by atoms with Gasteiger partial charge in [0, 0.05) is 6.08 Å². The molecule has 0 saturated carbocycles. The molecule has 4 heteroatoms. The number of carboxylic acid groups (broad SMARTS) is 1. The molecule has 0 aromatic heterocycles. The Balaban J connectivity index is 2.13. The summed E-state index contributed by atoms with van der Waals surface area (Å²) < 4.78 is 19.5. The van der Waals surface area contributed by atoms with Crippen molar-refractivity contribution in [1.29, 1.82) is 0 Å². The van der Waals surface area contributed by atoms with E-state index in [1.54, 1.807) is 6.07 Å². The summed E-state index contributed by atoms with van der Waals surface area (Å²) in [6.07, 6.45) is 2.01. The SMILES string of the molecule is CC(Oc1ccc(/C=C/C(=O)O)cc1F)c1ccccc1. The van der Waals surface area contributed by atoms with E-state index in [-0.39, 0.29) is 11.9 Å². The Hall–Kier alpha value is -2.62. The van der Waals surface area contributed by atoms with Gasteiger partial charge in [-0.05, 0) is 36.3 Å². The summed E-state index contributed by atoms with van der Waals surface area (Å²) in [5, 5.41) is 8.54. The van der Waals surface area contributed by atoms with Gasteiger partial charge in [-0.25, -0.2) is 9.18 Å². The molecule has 0 heterocycles. The van der Waals surface area contributed by atoms with Crippen LogP contribution in [-0.2, 0) is 4.79 Å². The minimum absolute atomic E-state index is 0.138. The lowest BCUT2D eigenvalue weighted by atomic mass is 10.1. The van der Waals surface area contributed by atoms with Crippen LogP contribution in [0, 0.1) is 5.82 Å². The van der Waals surface area contributed by atoms with E-state index in [4.69, 9.17) is 9.84 Å². The Morgan fingerprint density at radius 1 is 1.24 bits per heavy atom. The molecule has 1 unspecified atom stereocenters. The zero-order valence-corrected chi connectivity index (χ0v) is 11.5. The van der Waals surface area contributed by atoms with Crippen molar-refractivity contribution in [3.8, 4) is 5.75 Å². The highest BCUT2D eigenvalue weighted by atomic mass is 19.1. The smallest absolute Gasteiger partial charge is 0.328 e. The molecule has 2 aromatic carbocycles. The lowest BCUT2D eigenvalue weighted by Crippen LogP contribution is -2.04. The Morgan fingerprint density at radius 3 is 2.57 bits per heavy atom. The molecule has 1 atom stereocenters. The first kappa shape index (κ1) is 14.8. The Labute approximate surface area is 122 Å². The lowest BCUT2D eigenvalue weighted by molar-refractivity contribution is -0.131. The molecule has 21 heavy (non-hydrogen) atoms. The molecule has 0 bridgehead atoms. The van der Waals surface area contributed by atoms with Crippen molar-refractivity contribution in [2.24, 2.45) is 0 Å². The van der Waals surface area contributed by atoms with Crippen LogP contribution in [0.5, 0.6) is 5.75 Å². The van der Waals surface area contributed by atoms with E-state index in [1.807, 2.05) is 37.3 Å². The average molecular weight is 286 g/mol. The largest absolute Gasteiger partial charge is 0.483 e. The van der Waals surface area contributed by atoms with Gasteiger partial charge >= 0.3 is 5.97 Å². The van der Waals surface area contributed by atoms with Gasteiger partial charge in [0.05, 0.1) is 0 Å². The number of ether oxygens (including phenoxy) is 1. The first-order valence-electron chi connectivity index (χ1n) is 6.48. The van der Waals surface area contributed by atoms with E-state index in [1.165, 1.54) is 18.2 Å². The molecule has 0 fully saturated rings. The van der Waals surface area contributed by atoms with Crippen LogP contribution in [0.25, 0.3) is 6.08 Å². The normalized spacial score (nSPS) is 12.3. The Bertz CT molecular complexity index is 650. The summed E-state index contributed by atoms with van der Waals surface area (Å²) >= 11 is 0. The van der Waals surface area contributed by atoms with E-state index in [0.717, 1.165) is 11.6 Å². The fraction of sp³-hybridized carbons (Fsp3) is 0.118. The molecule has 0 saturated heterocycles.